The van der Waals surface area contributed by atoms with Crippen LogP contribution in [0.15, 0.2) is 66.7 Å². The number of para-hydroxylation sites is 1. The van der Waals surface area contributed by atoms with Crippen LogP contribution in [-0.4, -0.2) is 25.5 Å². The number of amides is 2. The van der Waals surface area contributed by atoms with E-state index in [1.807, 2.05) is 18.2 Å². The van der Waals surface area contributed by atoms with E-state index in [9.17, 15) is 9.59 Å². The van der Waals surface area contributed by atoms with Gasteiger partial charge in [-0.25, -0.2) is 0 Å². The maximum atomic E-state index is 12.9. The predicted molar refractivity (Wildman–Crippen MR) is 118 cm³/mol. The molecule has 31 heavy (non-hydrogen) atoms. The Labute approximate surface area is 184 Å². The van der Waals surface area contributed by atoms with Crippen molar-refractivity contribution >= 4 is 29.1 Å². The number of carbonyl (C=O) groups is 2. The number of methoxy groups -OCH3 is 1. The Morgan fingerprint density at radius 3 is 2.42 bits per heavy atom. The fourth-order valence-electron chi connectivity index (χ4n) is 2.77. The number of rotatable bonds is 9. The summed E-state index contributed by atoms with van der Waals surface area (Å²) in [5, 5.41) is 3.38. The molecule has 0 atom stereocenters. The molecular formula is C23H21ClN2O5. The summed E-state index contributed by atoms with van der Waals surface area (Å²) < 4.78 is 16.4. The Morgan fingerprint density at radius 1 is 0.935 bits per heavy atom. The van der Waals surface area contributed by atoms with Gasteiger partial charge in [0.2, 0.25) is 0 Å². The highest BCUT2D eigenvalue weighted by atomic mass is 35.5. The number of benzene rings is 3. The van der Waals surface area contributed by atoms with Crippen molar-refractivity contribution in [1.82, 2.24) is 0 Å². The van der Waals surface area contributed by atoms with Crippen LogP contribution < -0.4 is 25.3 Å². The molecule has 8 heteroatoms. The summed E-state index contributed by atoms with van der Waals surface area (Å²) in [6.45, 7) is -0.0932. The second-order valence-electron chi connectivity index (χ2n) is 6.45. The summed E-state index contributed by atoms with van der Waals surface area (Å²) in [7, 11) is 1.47. The molecule has 160 valence electrons. The van der Waals surface area contributed by atoms with E-state index in [0.717, 1.165) is 5.56 Å². The Hall–Kier alpha value is -3.71. The first-order chi connectivity index (χ1) is 15.0. The van der Waals surface area contributed by atoms with Crippen molar-refractivity contribution in [3.8, 4) is 17.2 Å². The van der Waals surface area contributed by atoms with E-state index in [0.29, 0.717) is 27.8 Å². The summed E-state index contributed by atoms with van der Waals surface area (Å²) >= 11 is 6.17. The third-order valence-electron chi connectivity index (χ3n) is 4.26. The molecule has 0 bridgehead atoms. The lowest BCUT2D eigenvalue weighted by Gasteiger charge is -2.14. The molecule has 0 aliphatic carbocycles. The molecule has 0 aliphatic rings. The topological polar surface area (TPSA) is 99.9 Å². The van der Waals surface area contributed by atoms with E-state index in [4.69, 9.17) is 31.5 Å². The maximum absolute atomic E-state index is 12.9. The molecule has 0 radical (unpaired) electrons. The number of carbonyl (C=O) groups excluding carboxylic acids is 2. The van der Waals surface area contributed by atoms with Crippen LogP contribution in [-0.2, 0) is 11.4 Å². The van der Waals surface area contributed by atoms with Crippen molar-refractivity contribution in [2.24, 2.45) is 5.73 Å². The number of primary amides is 1. The van der Waals surface area contributed by atoms with Gasteiger partial charge in [-0.1, -0.05) is 41.9 Å². The van der Waals surface area contributed by atoms with Crippen LogP contribution in [0.3, 0.4) is 0 Å². The molecular weight excluding hydrogens is 420 g/mol. The minimum absolute atomic E-state index is 0.220. The normalized spacial score (nSPS) is 10.3. The fraction of sp³-hybridized carbons (Fsp3) is 0.130. The first kappa shape index (κ1) is 22.0. The van der Waals surface area contributed by atoms with Crippen molar-refractivity contribution in [3.63, 3.8) is 0 Å². The molecule has 0 fully saturated rings. The number of anilines is 1. The number of nitrogens with two attached hydrogens (primary N) is 1. The van der Waals surface area contributed by atoms with E-state index < -0.39 is 5.91 Å². The fourth-order valence-corrected chi connectivity index (χ4v) is 2.96. The van der Waals surface area contributed by atoms with Crippen molar-refractivity contribution < 1.29 is 23.8 Å². The minimum Gasteiger partial charge on any atom is -0.493 e. The second-order valence-corrected chi connectivity index (χ2v) is 6.86. The van der Waals surface area contributed by atoms with E-state index in [2.05, 4.69) is 5.32 Å². The lowest BCUT2D eigenvalue weighted by molar-refractivity contribution is -0.119. The zero-order valence-electron chi connectivity index (χ0n) is 16.8. The zero-order chi connectivity index (χ0) is 22.2. The monoisotopic (exact) mass is 440 g/mol. The van der Waals surface area contributed by atoms with E-state index in [1.165, 1.54) is 7.11 Å². The number of halogens is 1. The van der Waals surface area contributed by atoms with Crippen molar-refractivity contribution in [2.75, 3.05) is 19.0 Å². The van der Waals surface area contributed by atoms with Crippen LogP contribution in [0.1, 0.15) is 15.9 Å². The third-order valence-corrected chi connectivity index (χ3v) is 4.63. The van der Waals surface area contributed by atoms with Gasteiger partial charge in [-0.2, -0.15) is 0 Å². The zero-order valence-corrected chi connectivity index (χ0v) is 17.5. The van der Waals surface area contributed by atoms with Crippen LogP contribution >= 0.6 is 11.6 Å². The molecule has 0 spiro atoms. The van der Waals surface area contributed by atoms with Crippen molar-refractivity contribution in [3.05, 3.63) is 82.9 Å². The largest absolute Gasteiger partial charge is 0.493 e. The van der Waals surface area contributed by atoms with Crippen LogP contribution in [0, 0.1) is 0 Å². The average Bonchev–Trinajstić information content (AvgIpc) is 2.77. The van der Waals surface area contributed by atoms with Gasteiger partial charge in [-0.15, -0.1) is 0 Å². The molecule has 0 saturated carbocycles. The third kappa shape index (κ3) is 5.90. The van der Waals surface area contributed by atoms with Gasteiger partial charge in [0, 0.05) is 22.3 Å². The Kier molecular flexibility index (Phi) is 7.35. The average molecular weight is 441 g/mol. The maximum Gasteiger partial charge on any atom is 0.259 e. The number of ether oxygens (including phenoxy) is 3. The van der Waals surface area contributed by atoms with Gasteiger partial charge in [0.05, 0.1) is 12.7 Å². The smallest absolute Gasteiger partial charge is 0.259 e. The second kappa shape index (κ2) is 10.4. The molecule has 7 nitrogen and oxygen atoms in total. The molecule has 0 aliphatic heterocycles. The molecule has 0 aromatic heterocycles. The Bertz CT molecular complexity index is 1090. The summed E-state index contributed by atoms with van der Waals surface area (Å²) in [6.07, 6.45) is 0. The van der Waals surface area contributed by atoms with E-state index in [1.54, 1.807) is 48.5 Å². The van der Waals surface area contributed by atoms with E-state index in [-0.39, 0.29) is 24.9 Å². The van der Waals surface area contributed by atoms with Crippen LogP contribution in [0.5, 0.6) is 17.2 Å². The highest BCUT2D eigenvalue weighted by molar-refractivity contribution is 6.31. The van der Waals surface area contributed by atoms with Crippen LogP contribution in [0.4, 0.5) is 5.69 Å². The van der Waals surface area contributed by atoms with Crippen molar-refractivity contribution in [1.29, 1.82) is 0 Å². The van der Waals surface area contributed by atoms with Gasteiger partial charge < -0.3 is 25.3 Å². The van der Waals surface area contributed by atoms with Gasteiger partial charge in [0.1, 0.15) is 12.4 Å². The van der Waals surface area contributed by atoms with Crippen molar-refractivity contribution in [2.45, 2.75) is 6.61 Å². The lowest BCUT2D eigenvalue weighted by Crippen LogP contribution is -2.20. The highest BCUT2D eigenvalue weighted by Gasteiger charge is 2.15. The summed E-state index contributed by atoms with van der Waals surface area (Å²) in [5.41, 5.74) is 6.74. The number of hydrogen-bond acceptors (Lipinski definition) is 5. The first-order valence-corrected chi connectivity index (χ1v) is 9.71. The number of hydrogen-bond donors (Lipinski definition) is 2. The SMILES string of the molecule is COc1ccc(NC(=O)c2ccccc2OCc2ccccc2Cl)cc1OCC(N)=O. The summed E-state index contributed by atoms with van der Waals surface area (Å²) in [6, 6.07) is 19.0. The van der Waals surface area contributed by atoms with E-state index >= 15 is 0 Å². The van der Waals surface area contributed by atoms with Crippen LogP contribution in [0.2, 0.25) is 5.02 Å². The van der Waals surface area contributed by atoms with Gasteiger partial charge in [-0.3, -0.25) is 9.59 Å². The molecule has 3 rings (SSSR count). The molecule has 2 amide bonds. The molecule has 0 heterocycles. The highest BCUT2D eigenvalue weighted by Crippen LogP contribution is 2.31. The minimum atomic E-state index is -0.624. The first-order valence-electron chi connectivity index (χ1n) is 9.33. The predicted octanol–water partition coefficient (Wildman–Crippen LogP) is 4.04. The summed E-state index contributed by atoms with van der Waals surface area (Å²) in [4.78, 5) is 23.9. The van der Waals surface area contributed by atoms with Gasteiger partial charge in [-0.05, 0) is 30.3 Å². The molecule has 3 aromatic carbocycles. The molecule has 3 aromatic rings. The lowest BCUT2D eigenvalue weighted by atomic mass is 10.1. The number of nitrogens with one attached hydrogen (secondary N) is 1. The molecule has 3 N–H and O–H groups in total. The Balaban J connectivity index is 1.75. The molecule has 0 saturated heterocycles. The van der Waals surface area contributed by atoms with Gasteiger partial charge >= 0.3 is 0 Å². The van der Waals surface area contributed by atoms with Gasteiger partial charge in [0.25, 0.3) is 11.8 Å². The van der Waals surface area contributed by atoms with Gasteiger partial charge in [0.15, 0.2) is 18.1 Å². The molecule has 0 unspecified atom stereocenters. The van der Waals surface area contributed by atoms with Crippen LogP contribution in [0.25, 0.3) is 0 Å². The quantitative estimate of drug-likeness (QED) is 0.523. The standard InChI is InChI=1S/C23H21ClN2O5/c1-29-20-11-10-16(12-21(20)31-14-22(25)27)26-23(28)17-7-3-5-9-19(17)30-13-15-6-2-4-8-18(15)24/h2-12H,13-14H2,1H3,(H2,25,27)(H,26,28). The summed E-state index contributed by atoms with van der Waals surface area (Å²) in [5.74, 6) is 0.102. The Morgan fingerprint density at radius 2 is 1.68 bits per heavy atom.